The molecule has 2 aromatic rings. The number of rotatable bonds is 6. The van der Waals surface area contributed by atoms with Crippen molar-refractivity contribution < 1.29 is 27.8 Å². The van der Waals surface area contributed by atoms with Gasteiger partial charge in [-0.3, -0.25) is 4.79 Å². The minimum Gasteiger partial charge on any atom is -0.451 e. The number of esters is 1. The first kappa shape index (κ1) is 19.3. The fraction of sp³-hybridized carbons (Fsp3) is 0.368. The van der Waals surface area contributed by atoms with Crippen molar-refractivity contribution in [3.63, 3.8) is 0 Å². The van der Waals surface area contributed by atoms with Gasteiger partial charge in [-0.05, 0) is 49.4 Å². The molecule has 5 nitrogen and oxygen atoms in total. The highest BCUT2D eigenvalue weighted by molar-refractivity contribution is 7.14. The average molecular weight is 395 g/mol. The number of alkyl halides is 2. The summed E-state index contributed by atoms with van der Waals surface area (Å²) in [6.45, 7) is -3.51. The van der Waals surface area contributed by atoms with Gasteiger partial charge < -0.3 is 14.8 Å². The van der Waals surface area contributed by atoms with Gasteiger partial charge in [-0.1, -0.05) is 18.6 Å². The highest BCUT2D eigenvalue weighted by Gasteiger charge is 2.19. The molecule has 0 saturated heterocycles. The lowest BCUT2D eigenvalue weighted by molar-refractivity contribution is -0.119. The van der Waals surface area contributed by atoms with Gasteiger partial charge in [0.2, 0.25) is 0 Å². The molecule has 3 rings (SSSR count). The molecule has 0 atom stereocenters. The number of halogens is 2. The number of para-hydroxylation sites is 2. The van der Waals surface area contributed by atoms with E-state index in [-0.39, 0.29) is 11.4 Å². The Balaban J connectivity index is 1.56. The van der Waals surface area contributed by atoms with Gasteiger partial charge in [0, 0.05) is 4.88 Å². The number of fused-ring (bicyclic) bond motifs is 1. The number of amides is 1. The third-order valence-electron chi connectivity index (χ3n) is 4.16. The van der Waals surface area contributed by atoms with Crippen molar-refractivity contribution in [1.29, 1.82) is 0 Å². The number of aryl methyl sites for hydroxylation is 2. The minimum absolute atomic E-state index is 0.0849. The first-order valence-corrected chi connectivity index (χ1v) is 9.47. The van der Waals surface area contributed by atoms with Gasteiger partial charge in [0.15, 0.2) is 6.61 Å². The van der Waals surface area contributed by atoms with Gasteiger partial charge in [0.25, 0.3) is 5.91 Å². The van der Waals surface area contributed by atoms with Crippen LogP contribution < -0.4 is 10.1 Å². The molecule has 8 heteroatoms. The maximum absolute atomic E-state index is 12.4. The predicted molar refractivity (Wildman–Crippen MR) is 97.6 cm³/mol. The van der Waals surface area contributed by atoms with Gasteiger partial charge in [-0.25, -0.2) is 4.79 Å². The van der Waals surface area contributed by atoms with Crippen molar-refractivity contribution in [3.8, 4) is 5.75 Å². The van der Waals surface area contributed by atoms with Crippen LogP contribution in [0.4, 0.5) is 14.5 Å². The number of ether oxygens (including phenoxy) is 2. The molecule has 1 aliphatic carbocycles. The Morgan fingerprint density at radius 1 is 1.15 bits per heavy atom. The highest BCUT2D eigenvalue weighted by Crippen LogP contribution is 2.29. The zero-order valence-electron chi connectivity index (χ0n) is 14.5. The summed E-state index contributed by atoms with van der Waals surface area (Å²) in [6, 6.07) is 7.66. The number of thiophene rings is 1. The first-order valence-electron chi connectivity index (χ1n) is 8.65. The maximum atomic E-state index is 12.4. The normalized spacial score (nSPS) is 13.6. The van der Waals surface area contributed by atoms with Crippen LogP contribution in [0.15, 0.2) is 30.3 Å². The first-order chi connectivity index (χ1) is 13.0. The summed E-state index contributed by atoms with van der Waals surface area (Å²) in [6.07, 6.45) is 5.35. The second-order valence-electron chi connectivity index (χ2n) is 6.12. The molecule has 0 spiro atoms. The Morgan fingerprint density at radius 2 is 1.93 bits per heavy atom. The summed E-state index contributed by atoms with van der Waals surface area (Å²) in [5.41, 5.74) is 1.27. The Hall–Kier alpha value is -2.48. The SMILES string of the molecule is O=C(COC(=O)c1cc2c(s1)CCCCC2)Nc1ccccc1OC(F)F. The highest BCUT2D eigenvalue weighted by atomic mass is 32.1. The largest absolute Gasteiger partial charge is 0.451 e. The standard InChI is InChI=1S/C19H19F2NO4S/c20-19(21)26-14-8-5-4-7-13(14)22-17(23)11-25-18(24)16-10-12-6-2-1-3-9-15(12)27-16/h4-5,7-8,10,19H,1-3,6,9,11H2,(H,22,23). The molecule has 0 saturated carbocycles. The van der Waals surface area contributed by atoms with E-state index in [1.54, 1.807) is 6.07 Å². The topological polar surface area (TPSA) is 64.6 Å². The monoisotopic (exact) mass is 395 g/mol. The van der Waals surface area contributed by atoms with E-state index in [4.69, 9.17) is 4.74 Å². The number of anilines is 1. The molecule has 1 heterocycles. The second-order valence-corrected chi connectivity index (χ2v) is 7.26. The quantitative estimate of drug-likeness (QED) is 0.581. The van der Waals surface area contributed by atoms with Crippen LogP contribution in [-0.2, 0) is 22.4 Å². The predicted octanol–water partition coefficient (Wildman–Crippen LogP) is 4.41. The van der Waals surface area contributed by atoms with Crippen molar-refractivity contribution in [2.75, 3.05) is 11.9 Å². The summed E-state index contributed by atoms with van der Waals surface area (Å²) in [7, 11) is 0. The van der Waals surface area contributed by atoms with E-state index in [1.165, 1.54) is 46.4 Å². The van der Waals surface area contributed by atoms with E-state index in [2.05, 4.69) is 10.1 Å². The van der Waals surface area contributed by atoms with Gasteiger partial charge in [-0.2, -0.15) is 8.78 Å². The lowest BCUT2D eigenvalue weighted by Gasteiger charge is -2.11. The number of carbonyl (C=O) groups is 2. The van der Waals surface area contributed by atoms with Gasteiger partial charge in [0.1, 0.15) is 10.6 Å². The molecule has 27 heavy (non-hydrogen) atoms. The number of carbonyl (C=O) groups excluding carboxylic acids is 2. The Kier molecular flexibility index (Phi) is 6.39. The van der Waals surface area contributed by atoms with Gasteiger partial charge in [-0.15, -0.1) is 11.3 Å². The van der Waals surface area contributed by atoms with Crippen LogP contribution in [0, 0.1) is 0 Å². The molecule has 0 unspecified atom stereocenters. The molecule has 1 N–H and O–H groups in total. The Labute approximate surface area is 159 Å². The molecular weight excluding hydrogens is 376 g/mol. The zero-order chi connectivity index (χ0) is 19.2. The van der Waals surface area contributed by atoms with E-state index in [0.717, 1.165) is 25.7 Å². The molecule has 0 aliphatic heterocycles. The molecule has 1 amide bonds. The smallest absolute Gasteiger partial charge is 0.387 e. The number of nitrogens with one attached hydrogen (secondary N) is 1. The van der Waals surface area contributed by atoms with Gasteiger partial charge in [0.05, 0.1) is 5.69 Å². The van der Waals surface area contributed by atoms with Crippen molar-refractivity contribution in [3.05, 3.63) is 45.6 Å². The average Bonchev–Trinajstić information content (AvgIpc) is 2.92. The lowest BCUT2D eigenvalue weighted by atomic mass is 10.1. The van der Waals surface area contributed by atoms with E-state index in [9.17, 15) is 18.4 Å². The van der Waals surface area contributed by atoms with Crippen molar-refractivity contribution in [1.82, 2.24) is 0 Å². The molecule has 1 aromatic carbocycles. The van der Waals surface area contributed by atoms with Crippen LogP contribution >= 0.6 is 11.3 Å². The fourth-order valence-corrected chi connectivity index (χ4v) is 4.07. The van der Waals surface area contributed by atoms with Crippen LogP contribution in [-0.4, -0.2) is 25.1 Å². The summed E-state index contributed by atoms with van der Waals surface area (Å²) in [5.74, 6) is -1.35. The molecule has 0 radical (unpaired) electrons. The minimum atomic E-state index is -3.00. The Bertz CT molecular complexity index is 798. The molecule has 1 aromatic heterocycles. The molecule has 144 valence electrons. The van der Waals surface area contributed by atoms with Crippen LogP contribution in [0.3, 0.4) is 0 Å². The van der Waals surface area contributed by atoms with E-state index >= 15 is 0 Å². The summed E-state index contributed by atoms with van der Waals surface area (Å²) >= 11 is 1.41. The summed E-state index contributed by atoms with van der Waals surface area (Å²) < 4.78 is 34.2. The van der Waals surface area contributed by atoms with Crippen LogP contribution in [0.2, 0.25) is 0 Å². The third kappa shape index (κ3) is 5.26. The molecule has 0 fully saturated rings. The fourth-order valence-electron chi connectivity index (χ4n) is 2.93. The van der Waals surface area contributed by atoms with Crippen LogP contribution in [0.1, 0.15) is 39.4 Å². The van der Waals surface area contributed by atoms with E-state index in [1.807, 2.05) is 6.07 Å². The van der Waals surface area contributed by atoms with E-state index < -0.39 is 25.1 Å². The number of hydrogen-bond acceptors (Lipinski definition) is 5. The van der Waals surface area contributed by atoms with Crippen molar-refractivity contribution in [2.45, 2.75) is 38.7 Å². The maximum Gasteiger partial charge on any atom is 0.387 e. The lowest BCUT2D eigenvalue weighted by Crippen LogP contribution is -2.21. The van der Waals surface area contributed by atoms with Crippen molar-refractivity contribution in [2.24, 2.45) is 0 Å². The van der Waals surface area contributed by atoms with Gasteiger partial charge >= 0.3 is 12.6 Å². The summed E-state index contributed by atoms with van der Waals surface area (Å²) in [5, 5.41) is 2.41. The third-order valence-corrected chi connectivity index (χ3v) is 5.38. The number of benzene rings is 1. The van der Waals surface area contributed by atoms with Crippen LogP contribution in [0.5, 0.6) is 5.75 Å². The molecule has 1 aliphatic rings. The number of hydrogen-bond donors (Lipinski definition) is 1. The van der Waals surface area contributed by atoms with Crippen LogP contribution in [0.25, 0.3) is 0 Å². The summed E-state index contributed by atoms with van der Waals surface area (Å²) in [4.78, 5) is 25.9. The van der Waals surface area contributed by atoms with E-state index in [0.29, 0.717) is 4.88 Å². The second kappa shape index (κ2) is 8.94. The molecular formula is C19H19F2NO4S. The molecule has 0 bridgehead atoms. The Morgan fingerprint density at radius 3 is 2.74 bits per heavy atom. The zero-order valence-corrected chi connectivity index (χ0v) is 15.3. The van der Waals surface area contributed by atoms with Crippen molar-refractivity contribution >= 4 is 28.9 Å².